The van der Waals surface area contributed by atoms with Crippen molar-refractivity contribution in [2.24, 2.45) is 17.8 Å². The van der Waals surface area contributed by atoms with Crippen LogP contribution in [0, 0.1) is 17.8 Å². The van der Waals surface area contributed by atoms with Gasteiger partial charge >= 0.3 is 113 Å². The molecule has 0 amide bonds. The van der Waals surface area contributed by atoms with Crippen molar-refractivity contribution in [1.29, 1.82) is 0 Å². The van der Waals surface area contributed by atoms with Crippen LogP contribution in [0.3, 0.4) is 0 Å². The molecule has 0 saturated heterocycles. The summed E-state index contributed by atoms with van der Waals surface area (Å²) in [7, 11) is 0. The molecule has 0 aromatic rings. The quantitative estimate of drug-likeness (QED) is 0.425. The molecule has 0 aliphatic carbocycles. The Hall–Kier alpha value is 0.922. The number of hydrogen-bond acceptors (Lipinski definition) is 0. The van der Waals surface area contributed by atoms with Crippen LogP contribution in [-0.4, -0.2) is 22.7 Å². The third-order valence-electron chi connectivity index (χ3n) is 3.23. The van der Waals surface area contributed by atoms with E-state index < -0.39 is 22.7 Å². The summed E-state index contributed by atoms with van der Waals surface area (Å²) in [5.41, 5.74) is 0. The average molecular weight is 421 g/mol. The van der Waals surface area contributed by atoms with Gasteiger partial charge in [-0.3, -0.25) is 0 Å². The van der Waals surface area contributed by atoms with E-state index in [0.29, 0.717) is 0 Å². The van der Waals surface area contributed by atoms with Gasteiger partial charge in [-0.15, -0.1) is 0 Å². The molecule has 0 unspecified atom stereocenters. The van der Waals surface area contributed by atoms with E-state index in [4.69, 9.17) is 0 Å². The van der Waals surface area contributed by atoms with Crippen LogP contribution in [-0.2, 0) is 0 Å². The zero-order chi connectivity index (χ0) is 12.6. The fraction of sp³-hybridized carbons (Fsp3) is 1.00. The van der Waals surface area contributed by atoms with Gasteiger partial charge in [-0.05, 0) is 0 Å². The van der Waals surface area contributed by atoms with Gasteiger partial charge in [0.15, 0.2) is 0 Å². The van der Waals surface area contributed by atoms with Crippen LogP contribution >= 0.6 is 0 Å². The van der Waals surface area contributed by atoms with Crippen molar-refractivity contribution in [3.63, 3.8) is 0 Å². The fourth-order valence-corrected chi connectivity index (χ4v) is 16.3. The topological polar surface area (TPSA) is 0 Å². The summed E-state index contributed by atoms with van der Waals surface area (Å²) in [5.74, 6) is 2.79. The monoisotopic (exact) mass is 421 g/mol. The van der Waals surface area contributed by atoms with Gasteiger partial charge in [0, 0.05) is 0 Å². The second kappa shape index (κ2) is 9.90. The summed E-state index contributed by atoms with van der Waals surface area (Å²) in [5, 5.41) is 0. The Labute approximate surface area is 113 Å². The number of rotatable bonds is 9. The zero-order valence-corrected chi connectivity index (χ0v) is 16.4. The summed E-state index contributed by atoms with van der Waals surface area (Å²) in [6, 6.07) is 0. The van der Waals surface area contributed by atoms with Crippen molar-refractivity contribution in [2.45, 2.75) is 72.7 Å². The molecule has 0 saturated carbocycles. The normalized spacial score (nSPS) is 12.4. The molecule has 0 aromatic heterocycles. The summed E-state index contributed by atoms with van der Waals surface area (Å²) in [6.45, 7) is 14.3. The van der Waals surface area contributed by atoms with E-state index in [1.807, 2.05) is 0 Å². The van der Waals surface area contributed by atoms with Gasteiger partial charge in [-0.2, -0.15) is 0 Å². The van der Waals surface area contributed by atoms with Gasteiger partial charge in [-0.25, -0.2) is 0 Å². The third kappa shape index (κ3) is 11.4. The Balaban J connectivity index is 3.85. The van der Waals surface area contributed by atoms with E-state index in [1.54, 1.807) is 11.9 Å². The molecule has 0 spiro atoms. The van der Waals surface area contributed by atoms with Gasteiger partial charge < -0.3 is 0 Å². The fourth-order valence-electron chi connectivity index (χ4n) is 1.85. The molecule has 16 heavy (non-hydrogen) atoms. The molecule has 0 atom stereocenters. The van der Waals surface area contributed by atoms with Gasteiger partial charge in [0.2, 0.25) is 0 Å². The maximum atomic E-state index is 2.38. The van der Waals surface area contributed by atoms with E-state index >= 15 is 0 Å². The molecule has 1 heteroatoms. The van der Waals surface area contributed by atoms with E-state index in [0.717, 1.165) is 17.8 Å². The Morgan fingerprint density at radius 2 is 0.812 bits per heavy atom. The molecule has 0 rings (SSSR count). The standard InChI is InChI=1S/3C5H11.Pb/c3*1-4-5(2)3;/h3*5H,1,4H2,2-3H3;. The van der Waals surface area contributed by atoms with Crippen molar-refractivity contribution in [2.75, 3.05) is 0 Å². The molecule has 0 aliphatic heterocycles. The SMILES string of the molecule is CC(C)C[CH2][Pb]([CH2]CC(C)C)[CH2]CC(C)C. The predicted octanol–water partition coefficient (Wildman–Crippen LogP) is 5.62. The van der Waals surface area contributed by atoms with Gasteiger partial charge in [0.05, 0.1) is 0 Å². The third-order valence-corrected chi connectivity index (χ3v) is 14.8. The molecular formula is C15H33Pb. The van der Waals surface area contributed by atoms with Crippen LogP contribution in [0.4, 0.5) is 0 Å². The number of hydrogen-bond donors (Lipinski definition) is 0. The first-order chi connectivity index (χ1) is 7.41. The van der Waals surface area contributed by atoms with E-state index in [2.05, 4.69) is 41.5 Å². The average Bonchev–Trinajstić information content (AvgIpc) is 2.15. The first-order valence-corrected chi connectivity index (χ1v) is 15.5. The minimum atomic E-state index is -1.15. The van der Waals surface area contributed by atoms with E-state index in [-0.39, 0.29) is 0 Å². The van der Waals surface area contributed by atoms with E-state index in [1.165, 1.54) is 19.3 Å². The minimum absolute atomic E-state index is 0.929. The molecule has 0 fully saturated rings. The maximum absolute atomic E-state index is 2.38. The van der Waals surface area contributed by atoms with Crippen LogP contribution in [0.25, 0.3) is 0 Å². The summed E-state index contributed by atoms with van der Waals surface area (Å²) in [4.78, 5) is 0. The molecule has 0 aromatic carbocycles. The Bertz CT molecular complexity index is 121. The van der Waals surface area contributed by atoms with Crippen LogP contribution in [0.5, 0.6) is 0 Å². The van der Waals surface area contributed by atoms with Crippen molar-refractivity contribution in [1.82, 2.24) is 0 Å². The van der Waals surface area contributed by atoms with Crippen LogP contribution in [0.15, 0.2) is 0 Å². The van der Waals surface area contributed by atoms with Gasteiger partial charge in [-0.1, -0.05) is 0 Å². The van der Waals surface area contributed by atoms with Crippen LogP contribution in [0.1, 0.15) is 60.8 Å². The molecular weight excluding hydrogens is 387 g/mol. The molecule has 0 N–H and O–H groups in total. The molecule has 1 radical (unpaired) electrons. The summed E-state index contributed by atoms with van der Waals surface area (Å²) >= 11 is -1.15. The Morgan fingerprint density at radius 1 is 0.562 bits per heavy atom. The predicted molar refractivity (Wildman–Crippen MR) is 78.5 cm³/mol. The summed E-state index contributed by atoms with van der Waals surface area (Å²) in [6.07, 6.45) is 4.54. The van der Waals surface area contributed by atoms with Gasteiger partial charge in [0.25, 0.3) is 0 Å². The first-order valence-electron chi connectivity index (χ1n) is 7.25. The molecule has 0 heterocycles. The molecule has 0 bridgehead atoms. The van der Waals surface area contributed by atoms with Crippen molar-refractivity contribution < 1.29 is 0 Å². The second-order valence-electron chi connectivity index (χ2n) is 6.55. The summed E-state index contributed by atoms with van der Waals surface area (Å²) < 4.78 is 5.01. The Morgan fingerprint density at radius 3 is 1.00 bits per heavy atom. The molecule has 0 nitrogen and oxygen atoms in total. The Kier molecular flexibility index (Phi) is 10.5. The zero-order valence-electron chi connectivity index (χ0n) is 12.5. The van der Waals surface area contributed by atoms with Crippen molar-refractivity contribution in [3.8, 4) is 0 Å². The first kappa shape index (κ1) is 16.9. The molecule has 0 aliphatic rings. The van der Waals surface area contributed by atoms with E-state index in [9.17, 15) is 0 Å². The van der Waals surface area contributed by atoms with Crippen LogP contribution in [0.2, 0.25) is 11.9 Å². The van der Waals surface area contributed by atoms with Gasteiger partial charge in [0.1, 0.15) is 0 Å². The second-order valence-corrected chi connectivity index (χ2v) is 18.2. The van der Waals surface area contributed by atoms with Crippen LogP contribution < -0.4 is 0 Å². The van der Waals surface area contributed by atoms with Crippen molar-refractivity contribution >= 4 is 22.7 Å². The molecule has 97 valence electrons. The van der Waals surface area contributed by atoms with Crippen molar-refractivity contribution in [3.05, 3.63) is 0 Å².